The van der Waals surface area contributed by atoms with Crippen LogP contribution in [0.15, 0.2) is 11.6 Å². The summed E-state index contributed by atoms with van der Waals surface area (Å²) >= 11 is 1.65. The molecule has 1 aliphatic rings. The second kappa shape index (κ2) is 5.35. The van der Waals surface area contributed by atoms with Crippen molar-refractivity contribution in [3.63, 3.8) is 0 Å². The fraction of sp³-hybridized carbons (Fsp3) is 0.643. The molecule has 0 bridgehead atoms. The highest BCUT2D eigenvalue weighted by atomic mass is 32.1. The van der Waals surface area contributed by atoms with Crippen LogP contribution in [0.1, 0.15) is 32.4 Å². The lowest BCUT2D eigenvalue weighted by Gasteiger charge is -2.37. The van der Waals surface area contributed by atoms with E-state index in [1.54, 1.807) is 11.3 Å². The minimum Gasteiger partial charge on any atom is -0.388 e. The van der Waals surface area contributed by atoms with E-state index in [0.717, 1.165) is 43.3 Å². The molecule has 0 saturated carbocycles. The molecule has 1 atom stereocenters. The molecule has 0 radical (unpaired) electrons. The maximum Gasteiger partial charge on any atom is 0.195 e. The number of nitrogens with zero attached hydrogens (tertiary/aromatic N) is 3. The van der Waals surface area contributed by atoms with Crippen molar-refractivity contribution in [2.75, 3.05) is 24.5 Å². The Bertz CT molecular complexity index is 589. The van der Waals surface area contributed by atoms with Gasteiger partial charge in [0, 0.05) is 31.2 Å². The van der Waals surface area contributed by atoms with Gasteiger partial charge in [-0.25, -0.2) is 4.98 Å². The van der Waals surface area contributed by atoms with E-state index < -0.39 is 5.60 Å². The summed E-state index contributed by atoms with van der Waals surface area (Å²) in [4.78, 5) is 8.03. The van der Waals surface area contributed by atoms with Gasteiger partial charge in [-0.1, -0.05) is 6.92 Å². The Hall–Kier alpha value is -1.11. The molecule has 0 aliphatic carbocycles. The van der Waals surface area contributed by atoms with Gasteiger partial charge in [0.2, 0.25) is 0 Å². The van der Waals surface area contributed by atoms with Crippen molar-refractivity contribution >= 4 is 22.1 Å². The van der Waals surface area contributed by atoms with Crippen molar-refractivity contribution in [3.8, 4) is 0 Å². The molecule has 1 unspecified atom stereocenters. The first-order valence-electron chi connectivity index (χ1n) is 7.23. The van der Waals surface area contributed by atoms with Crippen molar-refractivity contribution in [3.05, 3.63) is 17.3 Å². The third-order valence-electron chi connectivity index (χ3n) is 3.86. The van der Waals surface area contributed by atoms with E-state index in [1.165, 1.54) is 5.69 Å². The van der Waals surface area contributed by atoms with Crippen LogP contribution in [0.5, 0.6) is 0 Å². The lowest BCUT2D eigenvalue weighted by atomic mass is 9.95. The summed E-state index contributed by atoms with van der Waals surface area (Å²) in [6, 6.07) is 0. The average Bonchev–Trinajstić information content (AvgIpc) is 2.96. The van der Waals surface area contributed by atoms with Crippen molar-refractivity contribution in [2.45, 2.75) is 38.8 Å². The van der Waals surface area contributed by atoms with E-state index in [-0.39, 0.29) is 0 Å². The largest absolute Gasteiger partial charge is 0.388 e. The molecule has 3 heterocycles. The molecule has 6 heteroatoms. The Morgan fingerprint density at radius 2 is 2.40 bits per heavy atom. The molecule has 20 heavy (non-hydrogen) atoms. The molecule has 0 aromatic carbocycles. The van der Waals surface area contributed by atoms with Crippen LogP contribution < -0.4 is 10.2 Å². The Balaban J connectivity index is 1.95. The summed E-state index contributed by atoms with van der Waals surface area (Å²) < 4.78 is 2.16. The fourth-order valence-electron chi connectivity index (χ4n) is 2.88. The number of nitrogens with one attached hydrogen (secondary N) is 1. The van der Waals surface area contributed by atoms with Crippen molar-refractivity contribution in [2.24, 2.45) is 0 Å². The number of thiazole rings is 1. The topological polar surface area (TPSA) is 52.8 Å². The number of imidazole rings is 1. The predicted octanol–water partition coefficient (Wildman–Crippen LogP) is 1.86. The highest BCUT2D eigenvalue weighted by Gasteiger charge is 2.31. The molecule has 110 valence electrons. The van der Waals surface area contributed by atoms with E-state index >= 15 is 0 Å². The molecule has 1 fully saturated rings. The van der Waals surface area contributed by atoms with Crippen LogP contribution in [0.4, 0.5) is 5.82 Å². The maximum atomic E-state index is 10.3. The van der Waals surface area contributed by atoms with Gasteiger partial charge in [0.15, 0.2) is 10.8 Å². The summed E-state index contributed by atoms with van der Waals surface area (Å²) in [6.45, 7) is 7.41. The van der Waals surface area contributed by atoms with Gasteiger partial charge in [-0.3, -0.25) is 4.40 Å². The van der Waals surface area contributed by atoms with Gasteiger partial charge < -0.3 is 15.3 Å². The minimum absolute atomic E-state index is 0.606. The zero-order chi connectivity index (χ0) is 14.2. The predicted molar refractivity (Wildman–Crippen MR) is 82.5 cm³/mol. The van der Waals surface area contributed by atoms with E-state index in [2.05, 4.69) is 33.1 Å². The van der Waals surface area contributed by atoms with Gasteiger partial charge in [-0.2, -0.15) is 0 Å². The number of fused-ring (bicyclic) bond motifs is 1. The fourth-order valence-corrected chi connectivity index (χ4v) is 3.61. The van der Waals surface area contributed by atoms with Gasteiger partial charge in [0.25, 0.3) is 0 Å². The molecule has 2 aromatic rings. The number of aromatic nitrogens is 2. The summed E-state index contributed by atoms with van der Waals surface area (Å²) in [5.41, 5.74) is 0.589. The molecular formula is C14H22N4OS. The second-order valence-corrected chi connectivity index (χ2v) is 6.61. The number of aliphatic hydroxyl groups is 1. The molecule has 5 nitrogen and oxygen atoms in total. The van der Waals surface area contributed by atoms with E-state index in [4.69, 9.17) is 4.98 Å². The number of hydrogen-bond acceptors (Lipinski definition) is 5. The standard InChI is InChI=1S/C14H22N4OS/c1-3-15-9-11-12(16-13-18(11)7-8-20-13)17-6-4-5-14(2,19)10-17/h7-8,15,19H,3-6,9-10H2,1-2H3. The zero-order valence-corrected chi connectivity index (χ0v) is 12.9. The van der Waals surface area contributed by atoms with Crippen LogP contribution in [-0.2, 0) is 6.54 Å². The summed E-state index contributed by atoms with van der Waals surface area (Å²) in [7, 11) is 0. The molecule has 0 amide bonds. The van der Waals surface area contributed by atoms with E-state index in [9.17, 15) is 5.11 Å². The van der Waals surface area contributed by atoms with Gasteiger partial charge in [0.05, 0.1) is 11.3 Å². The Morgan fingerprint density at radius 3 is 3.15 bits per heavy atom. The number of piperidine rings is 1. The number of β-amino-alcohol motifs (C(OH)–C–C–N with tert-alkyl or cyclic N) is 1. The summed E-state index contributed by atoms with van der Waals surface area (Å²) in [5.74, 6) is 1.03. The van der Waals surface area contributed by atoms with Crippen molar-refractivity contribution in [1.82, 2.24) is 14.7 Å². The lowest BCUT2D eigenvalue weighted by Crippen LogP contribution is -2.46. The SMILES string of the molecule is CCNCc1c(N2CCCC(C)(O)C2)nc2sccn12. The second-order valence-electron chi connectivity index (χ2n) is 5.74. The number of hydrogen-bond donors (Lipinski definition) is 2. The van der Waals surface area contributed by atoms with Gasteiger partial charge in [-0.05, 0) is 26.3 Å². The first-order chi connectivity index (χ1) is 9.61. The number of rotatable bonds is 4. The first-order valence-corrected chi connectivity index (χ1v) is 8.11. The Morgan fingerprint density at radius 1 is 1.55 bits per heavy atom. The summed E-state index contributed by atoms with van der Waals surface area (Å²) in [6.07, 6.45) is 3.96. The van der Waals surface area contributed by atoms with Crippen LogP contribution in [-0.4, -0.2) is 39.7 Å². The third kappa shape index (κ3) is 2.55. The molecular weight excluding hydrogens is 272 g/mol. The first kappa shape index (κ1) is 13.9. The maximum absolute atomic E-state index is 10.3. The van der Waals surface area contributed by atoms with Crippen molar-refractivity contribution < 1.29 is 5.11 Å². The van der Waals surface area contributed by atoms with Crippen molar-refractivity contribution in [1.29, 1.82) is 0 Å². The van der Waals surface area contributed by atoms with Crippen LogP contribution in [0.2, 0.25) is 0 Å². The zero-order valence-electron chi connectivity index (χ0n) is 12.1. The normalized spacial score (nSPS) is 23.6. The van der Waals surface area contributed by atoms with Crippen LogP contribution in [0, 0.1) is 0 Å². The van der Waals surface area contributed by atoms with Gasteiger partial charge >= 0.3 is 0 Å². The average molecular weight is 294 g/mol. The molecule has 1 saturated heterocycles. The Labute approximate surface area is 123 Å². The molecule has 0 spiro atoms. The van der Waals surface area contributed by atoms with E-state index in [0.29, 0.717) is 6.54 Å². The molecule has 2 N–H and O–H groups in total. The molecule has 1 aliphatic heterocycles. The van der Waals surface area contributed by atoms with Gasteiger partial charge in [0.1, 0.15) is 0 Å². The van der Waals surface area contributed by atoms with Crippen LogP contribution >= 0.6 is 11.3 Å². The quantitative estimate of drug-likeness (QED) is 0.904. The third-order valence-corrected chi connectivity index (χ3v) is 4.61. The Kier molecular flexibility index (Phi) is 3.70. The van der Waals surface area contributed by atoms with Gasteiger partial charge in [-0.15, -0.1) is 11.3 Å². The number of anilines is 1. The molecule has 2 aromatic heterocycles. The highest BCUT2D eigenvalue weighted by Crippen LogP contribution is 2.29. The molecule has 3 rings (SSSR count). The monoisotopic (exact) mass is 294 g/mol. The van der Waals surface area contributed by atoms with E-state index in [1.807, 2.05) is 6.92 Å². The minimum atomic E-state index is -0.606. The smallest absolute Gasteiger partial charge is 0.195 e. The highest BCUT2D eigenvalue weighted by molar-refractivity contribution is 7.15. The van der Waals surface area contributed by atoms with Crippen LogP contribution in [0.3, 0.4) is 0 Å². The van der Waals surface area contributed by atoms with Crippen LogP contribution in [0.25, 0.3) is 4.96 Å². The lowest BCUT2D eigenvalue weighted by molar-refractivity contribution is 0.0447. The summed E-state index contributed by atoms with van der Waals surface area (Å²) in [5, 5.41) is 15.8.